The summed E-state index contributed by atoms with van der Waals surface area (Å²) in [4.78, 5) is 0.151. The minimum atomic E-state index is -3.68. The molecular formula is C33H37FO3SSi. The van der Waals surface area contributed by atoms with Crippen molar-refractivity contribution in [3.63, 3.8) is 0 Å². The van der Waals surface area contributed by atoms with Crippen LogP contribution in [0.25, 0.3) is 0 Å². The molecule has 0 spiro atoms. The highest BCUT2D eigenvalue weighted by atomic mass is 32.2. The van der Waals surface area contributed by atoms with Crippen LogP contribution in [-0.2, 0) is 20.7 Å². The molecule has 1 unspecified atom stereocenters. The third-order valence-corrected chi connectivity index (χ3v) is 14.5. The van der Waals surface area contributed by atoms with E-state index in [-0.39, 0.29) is 9.93 Å². The molecule has 0 fully saturated rings. The Bertz CT molecular complexity index is 1380. The van der Waals surface area contributed by atoms with Crippen molar-refractivity contribution in [2.45, 2.75) is 55.2 Å². The van der Waals surface area contributed by atoms with Gasteiger partial charge in [0, 0.05) is 6.61 Å². The van der Waals surface area contributed by atoms with Gasteiger partial charge in [0.2, 0.25) is 0 Å². The van der Waals surface area contributed by atoms with Gasteiger partial charge in [0.15, 0.2) is 9.84 Å². The molecule has 0 N–H and O–H groups in total. The Morgan fingerprint density at radius 2 is 1.23 bits per heavy atom. The van der Waals surface area contributed by atoms with E-state index in [1.807, 2.05) is 42.5 Å². The second-order valence-electron chi connectivity index (χ2n) is 11.0. The highest BCUT2D eigenvalue weighted by molar-refractivity contribution is 7.92. The van der Waals surface area contributed by atoms with Gasteiger partial charge in [0.1, 0.15) is 5.82 Å². The Labute approximate surface area is 233 Å². The number of halogens is 1. The first-order valence-electron chi connectivity index (χ1n) is 13.4. The van der Waals surface area contributed by atoms with E-state index < -0.39 is 29.2 Å². The lowest BCUT2D eigenvalue weighted by Crippen LogP contribution is -2.66. The molecule has 0 heterocycles. The lowest BCUT2D eigenvalue weighted by Gasteiger charge is -2.43. The van der Waals surface area contributed by atoms with Gasteiger partial charge in [-0.15, -0.1) is 0 Å². The van der Waals surface area contributed by atoms with Gasteiger partial charge in [0.05, 0.1) is 10.1 Å². The van der Waals surface area contributed by atoms with E-state index in [0.717, 1.165) is 5.56 Å². The molecule has 4 aromatic rings. The fraction of sp³-hybridized carbons (Fsp3) is 0.273. The quantitative estimate of drug-likeness (QED) is 0.118. The normalized spacial score (nSPS) is 13.2. The lowest BCUT2D eigenvalue weighted by atomic mass is 10.1. The van der Waals surface area contributed by atoms with E-state index in [1.54, 1.807) is 0 Å². The topological polar surface area (TPSA) is 43.4 Å². The molecule has 3 nitrogen and oxygen atoms in total. The average molecular weight is 561 g/mol. The maximum Gasteiger partial charge on any atom is 0.261 e. The van der Waals surface area contributed by atoms with Crippen LogP contribution in [0.4, 0.5) is 4.39 Å². The average Bonchev–Trinajstić information content (AvgIpc) is 2.93. The van der Waals surface area contributed by atoms with Crippen LogP contribution in [0.15, 0.2) is 120 Å². The van der Waals surface area contributed by atoms with Gasteiger partial charge in [-0.3, -0.25) is 0 Å². The molecule has 39 heavy (non-hydrogen) atoms. The monoisotopic (exact) mass is 560 g/mol. The molecule has 0 saturated carbocycles. The standard InChI is InChI=1S/C33H37FO3SSi/c1-33(2,3)39(31-17-9-5-10-18-31,32-19-11-6-12-20-32)37-25-13-16-30(26-27-14-7-4-8-15-27)38(35,36)29-23-21-28(34)22-24-29/h4-12,14-15,17-24,30H,13,16,25-26H2,1-3H3. The summed E-state index contributed by atoms with van der Waals surface area (Å²) < 4.78 is 47.9. The summed E-state index contributed by atoms with van der Waals surface area (Å²) in [6.45, 7) is 7.14. The van der Waals surface area contributed by atoms with Crippen molar-refractivity contribution in [2.24, 2.45) is 0 Å². The van der Waals surface area contributed by atoms with Crippen LogP contribution in [0.5, 0.6) is 0 Å². The van der Waals surface area contributed by atoms with Crippen molar-refractivity contribution >= 4 is 28.5 Å². The predicted molar refractivity (Wildman–Crippen MR) is 160 cm³/mol. The maximum absolute atomic E-state index is 13.7. The zero-order chi connectivity index (χ0) is 27.9. The third kappa shape index (κ3) is 6.57. The second kappa shape index (κ2) is 12.4. The molecular weight excluding hydrogens is 524 g/mol. The largest absolute Gasteiger partial charge is 0.407 e. The lowest BCUT2D eigenvalue weighted by molar-refractivity contribution is 0.287. The Kier molecular flexibility index (Phi) is 9.21. The van der Waals surface area contributed by atoms with Gasteiger partial charge in [-0.05, 0) is 64.5 Å². The number of hydrogen-bond acceptors (Lipinski definition) is 3. The summed E-state index contributed by atoms with van der Waals surface area (Å²) in [5.74, 6) is -0.452. The molecule has 0 saturated heterocycles. The zero-order valence-electron chi connectivity index (χ0n) is 22.9. The SMILES string of the molecule is CC(C)(C)[Si](OCCCC(Cc1ccccc1)S(=O)(=O)c1ccc(F)cc1)(c1ccccc1)c1ccccc1. The van der Waals surface area contributed by atoms with Crippen molar-refractivity contribution in [1.82, 2.24) is 0 Å². The predicted octanol–water partition coefficient (Wildman–Crippen LogP) is 6.57. The van der Waals surface area contributed by atoms with Crippen LogP contribution >= 0.6 is 0 Å². The first-order valence-corrected chi connectivity index (χ1v) is 16.9. The third-order valence-electron chi connectivity index (χ3n) is 7.29. The van der Waals surface area contributed by atoms with Gasteiger partial charge in [-0.1, -0.05) is 112 Å². The van der Waals surface area contributed by atoms with Crippen molar-refractivity contribution in [3.8, 4) is 0 Å². The van der Waals surface area contributed by atoms with E-state index in [2.05, 4.69) is 69.3 Å². The van der Waals surface area contributed by atoms with Crippen LogP contribution in [0.3, 0.4) is 0 Å². The van der Waals surface area contributed by atoms with E-state index in [0.29, 0.717) is 25.9 Å². The molecule has 0 aliphatic rings. The first-order chi connectivity index (χ1) is 18.6. The molecule has 6 heteroatoms. The summed E-state index contributed by atoms with van der Waals surface area (Å²) in [7, 11) is -6.38. The Balaban J connectivity index is 1.61. The maximum atomic E-state index is 13.7. The molecule has 0 radical (unpaired) electrons. The summed E-state index contributed by atoms with van der Waals surface area (Å²) in [5.41, 5.74) is 0.959. The van der Waals surface area contributed by atoms with Crippen LogP contribution in [0.2, 0.25) is 5.04 Å². The molecule has 1 atom stereocenters. The molecule has 0 amide bonds. The summed E-state index contributed by atoms with van der Waals surface area (Å²) in [6.07, 6.45) is 1.41. The summed E-state index contributed by atoms with van der Waals surface area (Å²) in [5, 5.41) is 1.60. The van der Waals surface area contributed by atoms with Gasteiger partial charge in [-0.25, -0.2) is 12.8 Å². The minimum Gasteiger partial charge on any atom is -0.407 e. The summed E-state index contributed by atoms with van der Waals surface area (Å²) in [6, 6.07) is 35.7. The zero-order valence-corrected chi connectivity index (χ0v) is 24.7. The van der Waals surface area contributed by atoms with Crippen LogP contribution < -0.4 is 10.4 Å². The molecule has 4 rings (SSSR count). The van der Waals surface area contributed by atoms with Crippen molar-refractivity contribution < 1.29 is 17.2 Å². The highest BCUT2D eigenvalue weighted by Crippen LogP contribution is 2.37. The van der Waals surface area contributed by atoms with Gasteiger partial charge in [0.25, 0.3) is 8.32 Å². The highest BCUT2D eigenvalue weighted by Gasteiger charge is 2.50. The van der Waals surface area contributed by atoms with E-state index in [9.17, 15) is 12.8 Å². The number of benzene rings is 4. The van der Waals surface area contributed by atoms with Gasteiger partial charge < -0.3 is 4.43 Å². The molecule has 4 aromatic carbocycles. The van der Waals surface area contributed by atoms with E-state index in [1.165, 1.54) is 34.6 Å². The van der Waals surface area contributed by atoms with Crippen molar-refractivity contribution in [2.75, 3.05) is 6.61 Å². The molecule has 204 valence electrons. The van der Waals surface area contributed by atoms with Crippen LogP contribution in [0.1, 0.15) is 39.2 Å². The van der Waals surface area contributed by atoms with Gasteiger partial charge >= 0.3 is 0 Å². The number of sulfone groups is 1. The fourth-order valence-corrected chi connectivity index (χ4v) is 11.8. The molecule has 0 aromatic heterocycles. The fourth-order valence-electron chi connectivity index (χ4n) is 5.36. The van der Waals surface area contributed by atoms with E-state index >= 15 is 0 Å². The smallest absolute Gasteiger partial charge is 0.261 e. The first kappa shape index (κ1) is 28.9. The van der Waals surface area contributed by atoms with Crippen molar-refractivity contribution in [3.05, 3.63) is 127 Å². The molecule has 0 bridgehead atoms. The molecule has 0 aliphatic heterocycles. The van der Waals surface area contributed by atoms with Gasteiger partial charge in [-0.2, -0.15) is 0 Å². The second-order valence-corrected chi connectivity index (χ2v) is 17.5. The van der Waals surface area contributed by atoms with E-state index in [4.69, 9.17) is 4.43 Å². The Morgan fingerprint density at radius 1 is 0.744 bits per heavy atom. The van der Waals surface area contributed by atoms with Crippen molar-refractivity contribution in [1.29, 1.82) is 0 Å². The Morgan fingerprint density at radius 3 is 1.72 bits per heavy atom. The minimum absolute atomic E-state index is 0.151. The van der Waals surface area contributed by atoms with Crippen LogP contribution in [0, 0.1) is 5.82 Å². The Hall–Kier alpha value is -3.06. The van der Waals surface area contributed by atoms with Crippen LogP contribution in [-0.4, -0.2) is 28.6 Å². The number of hydrogen-bond donors (Lipinski definition) is 0. The number of rotatable bonds is 11. The summed E-state index contributed by atoms with van der Waals surface area (Å²) >= 11 is 0. The molecule has 0 aliphatic carbocycles.